The van der Waals surface area contributed by atoms with Crippen molar-refractivity contribution in [1.82, 2.24) is 9.97 Å². The van der Waals surface area contributed by atoms with E-state index in [2.05, 4.69) is 41.2 Å². The van der Waals surface area contributed by atoms with Gasteiger partial charge in [-0.1, -0.05) is 48.0 Å². The van der Waals surface area contributed by atoms with Crippen LogP contribution in [0.5, 0.6) is 5.75 Å². The van der Waals surface area contributed by atoms with Gasteiger partial charge < -0.3 is 10.1 Å². The second-order valence-corrected chi connectivity index (χ2v) is 5.28. The molecule has 0 fully saturated rings. The number of H-pyrrole nitrogens is 1. The Hall–Kier alpha value is -2.81. The van der Waals surface area contributed by atoms with E-state index < -0.39 is 0 Å². The molecule has 2 aromatic carbocycles. The summed E-state index contributed by atoms with van der Waals surface area (Å²) >= 11 is 0. The molecule has 102 valence electrons. The van der Waals surface area contributed by atoms with Gasteiger partial charge in [-0.05, 0) is 13.0 Å². The first kappa shape index (κ1) is 12.0. The molecule has 0 radical (unpaired) electrons. The minimum Gasteiger partial charge on any atom is -0.504 e. The van der Waals surface area contributed by atoms with Crippen LogP contribution in [0.3, 0.4) is 0 Å². The summed E-state index contributed by atoms with van der Waals surface area (Å²) in [7, 11) is 0. The lowest BCUT2D eigenvalue weighted by molar-refractivity contribution is 0.478. The molecule has 0 bridgehead atoms. The number of aryl methyl sites for hydroxylation is 1. The van der Waals surface area contributed by atoms with Crippen LogP contribution in [0, 0.1) is 6.92 Å². The summed E-state index contributed by atoms with van der Waals surface area (Å²) in [6, 6.07) is 16.3. The van der Waals surface area contributed by atoms with Crippen LogP contribution in [0.15, 0.2) is 54.7 Å². The van der Waals surface area contributed by atoms with Crippen molar-refractivity contribution in [3.8, 4) is 17.0 Å². The van der Waals surface area contributed by atoms with Crippen LogP contribution in [0.4, 0.5) is 0 Å². The fourth-order valence-corrected chi connectivity index (χ4v) is 2.77. The zero-order valence-electron chi connectivity index (χ0n) is 11.6. The van der Waals surface area contributed by atoms with E-state index in [1.165, 1.54) is 11.8 Å². The van der Waals surface area contributed by atoms with Crippen LogP contribution in [0.25, 0.3) is 33.1 Å². The van der Waals surface area contributed by atoms with E-state index in [1.807, 2.05) is 24.3 Å². The van der Waals surface area contributed by atoms with E-state index in [0.29, 0.717) is 0 Å². The summed E-state index contributed by atoms with van der Waals surface area (Å²) < 4.78 is 0. The largest absolute Gasteiger partial charge is 0.504 e. The summed E-state index contributed by atoms with van der Waals surface area (Å²) in [6.45, 7) is 2.06. The predicted octanol–water partition coefficient (Wildman–Crippen LogP) is 4.40. The fraction of sp³-hybridized carbons (Fsp3) is 0.0556. The number of nitrogens with one attached hydrogen (secondary N) is 1. The lowest BCUT2D eigenvalue weighted by Crippen LogP contribution is -1.86. The van der Waals surface area contributed by atoms with Gasteiger partial charge in [-0.2, -0.15) is 0 Å². The molecule has 2 N–H and O–H groups in total. The Bertz CT molecular complexity index is 952. The zero-order valence-corrected chi connectivity index (χ0v) is 11.6. The maximum absolute atomic E-state index is 10.1. The van der Waals surface area contributed by atoms with E-state index in [9.17, 15) is 5.11 Å². The number of rotatable bonds is 1. The van der Waals surface area contributed by atoms with Crippen LogP contribution < -0.4 is 0 Å². The van der Waals surface area contributed by atoms with Crippen molar-refractivity contribution >= 4 is 21.8 Å². The van der Waals surface area contributed by atoms with Crippen LogP contribution in [0.1, 0.15) is 5.56 Å². The first-order valence-electron chi connectivity index (χ1n) is 6.89. The monoisotopic (exact) mass is 274 g/mol. The Morgan fingerprint density at radius 2 is 1.76 bits per heavy atom. The number of benzene rings is 2. The smallest absolute Gasteiger partial charge is 0.158 e. The van der Waals surface area contributed by atoms with Gasteiger partial charge in [0.2, 0.25) is 0 Å². The Morgan fingerprint density at radius 1 is 1.00 bits per heavy atom. The van der Waals surface area contributed by atoms with Gasteiger partial charge in [-0.15, -0.1) is 0 Å². The number of aromatic hydroxyl groups is 1. The van der Waals surface area contributed by atoms with Crippen molar-refractivity contribution in [2.75, 3.05) is 0 Å². The highest BCUT2D eigenvalue weighted by atomic mass is 16.3. The van der Waals surface area contributed by atoms with Gasteiger partial charge in [-0.3, -0.25) is 4.98 Å². The predicted molar refractivity (Wildman–Crippen MR) is 85.4 cm³/mol. The van der Waals surface area contributed by atoms with Crippen molar-refractivity contribution in [1.29, 1.82) is 0 Å². The van der Waals surface area contributed by atoms with Gasteiger partial charge in [0.25, 0.3) is 0 Å². The first-order valence-corrected chi connectivity index (χ1v) is 6.89. The lowest BCUT2D eigenvalue weighted by atomic mass is 10.0. The number of fused-ring (bicyclic) bond motifs is 3. The van der Waals surface area contributed by atoms with Crippen LogP contribution >= 0.6 is 0 Å². The molecule has 0 amide bonds. The molecular formula is C18H14N2O. The maximum atomic E-state index is 10.1. The van der Waals surface area contributed by atoms with Gasteiger partial charge in [0.05, 0.1) is 17.4 Å². The topological polar surface area (TPSA) is 48.9 Å². The fourth-order valence-electron chi connectivity index (χ4n) is 2.77. The molecular weight excluding hydrogens is 260 g/mol. The summed E-state index contributed by atoms with van der Waals surface area (Å²) in [5, 5.41) is 12.1. The molecule has 0 aliphatic rings. The van der Waals surface area contributed by atoms with E-state index >= 15 is 0 Å². The van der Waals surface area contributed by atoms with Gasteiger partial charge in [0.1, 0.15) is 0 Å². The summed E-state index contributed by atoms with van der Waals surface area (Å²) in [5.41, 5.74) is 4.90. The molecule has 0 aliphatic carbocycles. The van der Waals surface area contributed by atoms with Crippen molar-refractivity contribution in [2.24, 2.45) is 0 Å². The third-order valence-electron chi connectivity index (χ3n) is 3.84. The molecule has 4 rings (SSSR count). The Morgan fingerprint density at radius 3 is 2.57 bits per heavy atom. The molecule has 0 saturated carbocycles. The van der Waals surface area contributed by atoms with Crippen molar-refractivity contribution in [3.05, 3.63) is 60.3 Å². The minimum absolute atomic E-state index is 0.178. The van der Waals surface area contributed by atoms with Crippen LogP contribution in [-0.4, -0.2) is 15.1 Å². The van der Waals surface area contributed by atoms with Crippen molar-refractivity contribution < 1.29 is 5.11 Å². The molecule has 3 nitrogen and oxygen atoms in total. The van der Waals surface area contributed by atoms with Gasteiger partial charge in [0.15, 0.2) is 5.75 Å². The number of aromatic amines is 1. The highest BCUT2D eigenvalue weighted by Gasteiger charge is 2.14. The third-order valence-corrected chi connectivity index (χ3v) is 3.84. The van der Waals surface area contributed by atoms with Crippen LogP contribution in [0.2, 0.25) is 0 Å². The Labute approximate surface area is 121 Å². The third kappa shape index (κ3) is 1.78. The maximum Gasteiger partial charge on any atom is 0.158 e. The first-order chi connectivity index (χ1) is 10.2. The average Bonchev–Trinajstić information content (AvgIpc) is 2.90. The van der Waals surface area contributed by atoms with Crippen LogP contribution in [-0.2, 0) is 0 Å². The molecule has 21 heavy (non-hydrogen) atoms. The standard InChI is InChI=1S/C18H14N2O/c1-11-6-8-12(9-7-11)17-16-13-4-2-3-5-14(13)20-18(16)15(21)10-19-17/h2-10,20-21H,1H3. The quantitative estimate of drug-likeness (QED) is 0.540. The van der Waals surface area contributed by atoms with Gasteiger partial charge in [-0.25, -0.2) is 0 Å². The van der Waals surface area contributed by atoms with E-state index in [1.54, 1.807) is 0 Å². The lowest BCUT2D eigenvalue weighted by Gasteiger charge is -2.05. The highest BCUT2D eigenvalue weighted by Crippen LogP contribution is 2.36. The number of pyridine rings is 1. The number of hydrogen-bond donors (Lipinski definition) is 2. The molecule has 3 heteroatoms. The highest BCUT2D eigenvalue weighted by molar-refractivity contribution is 6.14. The van der Waals surface area contributed by atoms with Crippen molar-refractivity contribution in [2.45, 2.75) is 6.92 Å². The van der Waals surface area contributed by atoms with E-state index in [4.69, 9.17) is 0 Å². The van der Waals surface area contributed by atoms with E-state index in [0.717, 1.165) is 33.1 Å². The normalized spacial score (nSPS) is 11.3. The number of hydrogen-bond acceptors (Lipinski definition) is 2. The Kier molecular flexibility index (Phi) is 2.48. The number of para-hydroxylation sites is 1. The second-order valence-electron chi connectivity index (χ2n) is 5.28. The summed E-state index contributed by atoms with van der Waals surface area (Å²) in [4.78, 5) is 7.74. The average molecular weight is 274 g/mol. The van der Waals surface area contributed by atoms with Gasteiger partial charge >= 0.3 is 0 Å². The molecule has 0 unspecified atom stereocenters. The van der Waals surface area contributed by atoms with Gasteiger partial charge in [0, 0.05) is 21.9 Å². The molecule has 2 heterocycles. The minimum atomic E-state index is 0.178. The summed E-state index contributed by atoms with van der Waals surface area (Å²) in [5.74, 6) is 0.178. The molecule has 0 aliphatic heterocycles. The zero-order chi connectivity index (χ0) is 14.4. The van der Waals surface area contributed by atoms with E-state index in [-0.39, 0.29) is 5.75 Å². The molecule has 2 aromatic heterocycles. The Balaban J connectivity index is 2.14. The molecule has 0 spiro atoms. The molecule has 0 atom stereocenters. The number of nitrogens with zero attached hydrogens (tertiary/aromatic N) is 1. The van der Waals surface area contributed by atoms with Crippen molar-refractivity contribution in [3.63, 3.8) is 0 Å². The molecule has 4 aromatic rings. The SMILES string of the molecule is Cc1ccc(-c2ncc(O)c3[nH]c4ccccc4c23)cc1. The number of aromatic nitrogens is 2. The summed E-state index contributed by atoms with van der Waals surface area (Å²) in [6.07, 6.45) is 1.51. The second kappa shape index (κ2) is 4.35. The molecule has 0 saturated heterocycles.